The number of aromatic nitrogens is 2. The van der Waals surface area contributed by atoms with Gasteiger partial charge in [0.2, 0.25) is 5.91 Å². The van der Waals surface area contributed by atoms with Crippen LogP contribution in [0.2, 0.25) is 5.02 Å². The number of rotatable bonds is 6. The van der Waals surface area contributed by atoms with Gasteiger partial charge in [-0.1, -0.05) is 48.0 Å². The van der Waals surface area contributed by atoms with Crippen LogP contribution in [0.3, 0.4) is 0 Å². The molecule has 0 bridgehead atoms. The summed E-state index contributed by atoms with van der Waals surface area (Å²) < 4.78 is 2.23. The minimum atomic E-state index is -0.0340. The third kappa shape index (κ3) is 4.24. The summed E-state index contributed by atoms with van der Waals surface area (Å²) in [4.78, 5) is 16.4. The Labute approximate surface area is 168 Å². The molecule has 0 unspecified atom stereocenters. The van der Waals surface area contributed by atoms with Gasteiger partial charge in [-0.05, 0) is 47.9 Å². The number of amides is 1. The number of halogens is 1. The van der Waals surface area contributed by atoms with E-state index in [9.17, 15) is 4.79 Å². The number of hydrogen-bond donors (Lipinski definition) is 1. The number of pyridine rings is 1. The van der Waals surface area contributed by atoms with Crippen molar-refractivity contribution in [3.63, 3.8) is 0 Å². The van der Waals surface area contributed by atoms with Crippen LogP contribution >= 0.6 is 11.6 Å². The van der Waals surface area contributed by atoms with Crippen LogP contribution in [0, 0.1) is 0 Å². The van der Waals surface area contributed by atoms with Crippen LogP contribution in [0.5, 0.6) is 0 Å². The topological polar surface area (TPSA) is 46.9 Å². The average molecular weight is 390 g/mol. The summed E-state index contributed by atoms with van der Waals surface area (Å²) in [6.45, 7) is 0.762. The van der Waals surface area contributed by atoms with Gasteiger partial charge in [-0.3, -0.25) is 4.79 Å². The molecule has 0 aliphatic rings. The molecule has 0 saturated carbocycles. The van der Waals surface area contributed by atoms with Crippen LogP contribution in [-0.4, -0.2) is 15.5 Å². The first-order chi connectivity index (χ1) is 13.7. The molecule has 5 heteroatoms. The largest absolute Gasteiger partial charge is 0.343 e. The third-order valence-electron chi connectivity index (χ3n) is 4.69. The smallest absolute Gasteiger partial charge is 0.225 e. The van der Waals surface area contributed by atoms with E-state index in [0.29, 0.717) is 18.7 Å². The lowest BCUT2D eigenvalue weighted by molar-refractivity contribution is -0.116. The van der Waals surface area contributed by atoms with Gasteiger partial charge in [-0.15, -0.1) is 0 Å². The number of aryl methyl sites for hydroxylation is 1. The van der Waals surface area contributed by atoms with Crippen molar-refractivity contribution in [2.45, 2.75) is 19.4 Å². The lowest BCUT2D eigenvalue weighted by Crippen LogP contribution is -2.13. The first-order valence-corrected chi connectivity index (χ1v) is 9.59. The van der Waals surface area contributed by atoms with Crippen LogP contribution in [0.25, 0.3) is 10.9 Å². The summed E-state index contributed by atoms with van der Waals surface area (Å²) >= 11 is 5.99. The first kappa shape index (κ1) is 18.3. The van der Waals surface area contributed by atoms with Crippen molar-refractivity contribution in [3.05, 3.63) is 95.3 Å². The minimum Gasteiger partial charge on any atom is -0.343 e. The van der Waals surface area contributed by atoms with Crippen LogP contribution in [0.4, 0.5) is 5.82 Å². The van der Waals surface area contributed by atoms with Crippen molar-refractivity contribution >= 4 is 34.2 Å². The zero-order valence-corrected chi connectivity index (χ0v) is 16.1. The fraction of sp³-hybridized carbons (Fsp3) is 0.130. The van der Waals surface area contributed by atoms with Gasteiger partial charge in [-0.2, -0.15) is 0 Å². The monoisotopic (exact) mass is 389 g/mol. The molecule has 0 fully saturated rings. The lowest BCUT2D eigenvalue weighted by Gasteiger charge is -2.05. The highest BCUT2D eigenvalue weighted by Gasteiger charge is 2.11. The van der Waals surface area contributed by atoms with Crippen LogP contribution < -0.4 is 5.32 Å². The average Bonchev–Trinajstić information content (AvgIpc) is 3.07. The Balaban J connectivity index is 1.51. The molecule has 140 valence electrons. The highest BCUT2D eigenvalue weighted by Crippen LogP contribution is 2.24. The normalized spacial score (nSPS) is 10.9. The van der Waals surface area contributed by atoms with Crippen LogP contribution in [0.1, 0.15) is 17.5 Å². The molecule has 1 N–H and O–H groups in total. The summed E-state index contributed by atoms with van der Waals surface area (Å²) in [7, 11) is 0. The molecule has 4 rings (SSSR count). The van der Waals surface area contributed by atoms with E-state index in [1.807, 2.05) is 48.5 Å². The molecule has 0 radical (unpaired) electrons. The van der Waals surface area contributed by atoms with E-state index < -0.39 is 0 Å². The summed E-state index contributed by atoms with van der Waals surface area (Å²) in [5.41, 5.74) is 3.52. The molecule has 28 heavy (non-hydrogen) atoms. The zero-order chi connectivity index (χ0) is 19.3. The third-order valence-corrected chi connectivity index (χ3v) is 4.94. The van der Waals surface area contributed by atoms with Gasteiger partial charge >= 0.3 is 0 Å². The number of nitrogens with one attached hydrogen (secondary N) is 1. The van der Waals surface area contributed by atoms with E-state index in [0.717, 1.165) is 17.1 Å². The standard InChI is InChI=1S/C23H20ClN3O/c24-19-11-8-17(9-12-19)15-27-16-18(20-5-1-2-6-21(20)27)10-13-23(28)26-22-7-3-4-14-25-22/h1-9,11-12,14,16H,10,13,15H2,(H,25,26,28). The molecule has 2 aromatic carbocycles. The Morgan fingerprint density at radius 1 is 1.00 bits per heavy atom. The van der Waals surface area contributed by atoms with E-state index in [2.05, 4.69) is 33.2 Å². The molecule has 0 aliphatic heterocycles. The second-order valence-electron chi connectivity index (χ2n) is 6.69. The quantitative estimate of drug-likeness (QED) is 0.485. The predicted octanol–water partition coefficient (Wildman–Crippen LogP) is 5.31. The maximum absolute atomic E-state index is 12.3. The van der Waals surface area contributed by atoms with Crippen LogP contribution in [0.15, 0.2) is 79.1 Å². The van der Waals surface area contributed by atoms with Crippen molar-refractivity contribution in [1.29, 1.82) is 0 Å². The lowest BCUT2D eigenvalue weighted by atomic mass is 10.1. The Morgan fingerprint density at radius 3 is 2.57 bits per heavy atom. The van der Waals surface area contributed by atoms with Crippen molar-refractivity contribution in [3.8, 4) is 0 Å². The number of para-hydroxylation sites is 1. The summed E-state index contributed by atoms with van der Waals surface area (Å²) in [6.07, 6.45) is 4.89. The molecule has 0 saturated heterocycles. The number of carbonyl (C=O) groups is 1. The summed E-state index contributed by atoms with van der Waals surface area (Å²) in [5, 5.41) is 4.76. The molecule has 0 spiro atoms. The molecule has 2 heterocycles. The van der Waals surface area contributed by atoms with Gasteiger partial charge < -0.3 is 9.88 Å². The van der Waals surface area contributed by atoms with Gasteiger partial charge in [0.15, 0.2) is 0 Å². The number of anilines is 1. The van der Waals surface area contributed by atoms with Gasteiger partial charge in [-0.25, -0.2) is 4.98 Å². The number of carbonyl (C=O) groups excluding carboxylic acids is 1. The van der Waals surface area contributed by atoms with Crippen molar-refractivity contribution in [2.75, 3.05) is 5.32 Å². The Hall–Kier alpha value is -3.11. The first-order valence-electron chi connectivity index (χ1n) is 9.21. The van der Waals surface area contributed by atoms with E-state index in [1.54, 1.807) is 12.3 Å². The fourth-order valence-electron chi connectivity index (χ4n) is 3.33. The highest BCUT2D eigenvalue weighted by molar-refractivity contribution is 6.30. The van der Waals surface area contributed by atoms with Gasteiger partial charge in [0.1, 0.15) is 5.82 Å². The van der Waals surface area contributed by atoms with Gasteiger partial charge in [0.25, 0.3) is 0 Å². The second-order valence-corrected chi connectivity index (χ2v) is 7.13. The highest BCUT2D eigenvalue weighted by atomic mass is 35.5. The van der Waals surface area contributed by atoms with E-state index in [1.165, 1.54) is 16.5 Å². The molecule has 0 atom stereocenters. The molecular weight excluding hydrogens is 370 g/mol. The van der Waals surface area contributed by atoms with E-state index in [-0.39, 0.29) is 5.91 Å². The van der Waals surface area contributed by atoms with Crippen molar-refractivity contribution in [2.24, 2.45) is 0 Å². The van der Waals surface area contributed by atoms with Crippen LogP contribution in [-0.2, 0) is 17.8 Å². The summed E-state index contributed by atoms with van der Waals surface area (Å²) in [5.74, 6) is 0.547. The Bertz CT molecular complexity index is 1090. The SMILES string of the molecule is O=C(CCc1cn(Cc2ccc(Cl)cc2)c2ccccc12)Nc1ccccn1. The second kappa shape index (κ2) is 8.28. The fourth-order valence-corrected chi connectivity index (χ4v) is 3.46. The molecule has 4 nitrogen and oxygen atoms in total. The molecule has 1 amide bonds. The van der Waals surface area contributed by atoms with Crippen molar-refractivity contribution in [1.82, 2.24) is 9.55 Å². The molecule has 0 aliphatic carbocycles. The minimum absolute atomic E-state index is 0.0340. The zero-order valence-electron chi connectivity index (χ0n) is 15.3. The summed E-state index contributed by atoms with van der Waals surface area (Å²) in [6, 6.07) is 21.7. The molecule has 2 aromatic heterocycles. The maximum Gasteiger partial charge on any atom is 0.225 e. The van der Waals surface area contributed by atoms with Gasteiger partial charge in [0.05, 0.1) is 0 Å². The Morgan fingerprint density at radius 2 is 1.79 bits per heavy atom. The Kier molecular flexibility index (Phi) is 5.40. The number of benzene rings is 2. The number of fused-ring (bicyclic) bond motifs is 1. The molecule has 4 aromatic rings. The maximum atomic E-state index is 12.3. The predicted molar refractivity (Wildman–Crippen MR) is 114 cm³/mol. The van der Waals surface area contributed by atoms with Crippen molar-refractivity contribution < 1.29 is 4.79 Å². The number of nitrogens with zero attached hydrogens (tertiary/aromatic N) is 2. The van der Waals surface area contributed by atoms with E-state index in [4.69, 9.17) is 11.6 Å². The number of hydrogen-bond acceptors (Lipinski definition) is 2. The molecular formula is C23H20ClN3O. The van der Waals surface area contributed by atoms with Gasteiger partial charge in [0, 0.05) is 41.3 Å². The van der Waals surface area contributed by atoms with E-state index >= 15 is 0 Å².